The average Bonchev–Trinajstić information content (AvgIpc) is 2.47. The maximum Gasteiger partial charge on any atom is 0.288 e. The highest BCUT2D eigenvalue weighted by Crippen LogP contribution is 2.28. The summed E-state index contributed by atoms with van der Waals surface area (Å²) in [6, 6.07) is 10.4. The molecule has 0 saturated carbocycles. The summed E-state index contributed by atoms with van der Waals surface area (Å²) in [5.74, 6) is -2.59. The second-order valence-corrected chi connectivity index (χ2v) is 5.00. The molecule has 0 saturated heterocycles. The maximum absolute atomic E-state index is 12.2. The van der Waals surface area contributed by atoms with Crippen LogP contribution in [-0.2, 0) is 0 Å². The van der Waals surface area contributed by atoms with E-state index >= 15 is 0 Å². The molecule has 2 rings (SSSR count). The second-order valence-electron chi connectivity index (χ2n) is 3.93. The molecule has 4 nitrogen and oxygen atoms in total. The van der Waals surface area contributed by atoms with Crippen molar-refractivity contribution < 1.29 is 18.7 Å². The van der Waals surface area contributed by atoms with Crippen LogP contribution in [0.5, 0.6) is 5.75 Å². The van der Waals surface area contributed by atoms with E-state index in [2.05, 4.69) is 10.2 Å². The number of hydrogen-bond acceptors (Lipinski definition) is 5. The van der Waals surface area contributed by atoms with Gasteiger partial charge in [-0.25, -0.2) is 0 Å². The normalized spacial score (nSPS) is 11.2. The molecule has 7 heteroatoms. The van der Waals surface area contributed by atoms with E-state index in [4.69, 9.17) is 0 Å². The molecule has 108 valence electrons. The van der Waals surface area contributed by atoms with Gasteiger partial charge in [-0.1, -0.05) is 11.8 Å². The second kappa shape index (κ2) is 6.94. The first-order valence-electron chi connectivity index (χ1n) is 5.83. The van der Waals surface area contributed by atoms with Crippen LogP contribution in [0.3, 0.4) is 0 Å². The van der Waals surface area contributed by atoms with Crippen LogP contribution in [0.2, 0.25) is 0 Å². The van der Waals surface area contributed by atoms with Gasteiger partial charge in [-0.05, 0) is 42.5 Å². The molecule has 0 amide bonds. The van der Waals surface area contributed by atoms with Crippen molar-refractivity contribution in [2.45, 2.75) is 10.7 Å². The predicted octanol–water partition coefficient (Wildman–Crippen LogP) is 4.93. The predicted molar refractivity (Wildman–Crippen MR) is 76.0 cm³/mol. The summed E-state index contributed by atoms with van der Waals surface area (Å²) in [7, 11) is 0. The van der Waals surface area contributed by atoms with Gasteiger partial charge in [0.05, 0.1) is 16.9 Å². The molecule has 21 heavy (non-hydrogen) atoms. The Morgan fingerprint density at radius 2 is 1.67 bits per heavy atom. The Morgan fingerprint density at radius 3 is 2.29 bits per heavy atom. The zero-order valence-corrected chi connectivity index (χ0v) is 11.4. The summed E-state index contributed by atoms with van der Waals surface area (Å²) < 4.78 is 24.3. The molecule has 0 heterocycles. The third-order valence-corrected chi connectivity index (χ3v) is 3.20. The Bertz CT molecular complexity index is 661. The van der Waals surface area contributed by atoms with E-state index < -0.39 is 5.76 Å². The maximum atomic E-state index is 12.2. The van der Waals surface area contributed by atoms with Crippen LogP contribution < -0.4 is 0 Å². The molecule has 0 atom stereocenters. The summed E-state index contributed by atoms with van der Waals surface area (Å²) in [6.07, 6.45) is 0.519. The van der Waals surface area contributed by atoms with Gasteiger partial charge >= 0.3 is 0 Å². The van der Waals surface area contributed by atoms with Crippen molar-refractivity contribution in [2.24, 2.45) is 10.2 Å². The van der Waals surface area contributed by atoms with E-state index in [1.807, 2.05) is 0 Å². The zero-order valence-electron chi connectivity index (χ0n) is 10.6. The standard InChI is InChI=1S/C14H10F2N2O2S/c15-14(16)21-12-4-1-10(2-5-12)17-18-11-3-6-13(20)9(7-11)8-19/h1-8,14,20H. The topological polar surface area (TPSA) is 62.0 Å². The summed E-state index contributed by atoms with van der Waals surface area (Å²) in [5.41, 5.74) is 1.02. The minimum atomic E-state index is -2.46. The zero-order chi connectivity index (χ0) is 15.2. The van der Waals surface area contributed by atoms with Gasteiger partial charge in [0.25, 0.3) is 5.76 Å². The number of phenols is 1. The van der Waals surface area contributed by atoms with Crippen molar-refractivity contribution in [3.63, 3.8) is 0 Å². The molecule has 0 radical (unpaired) electrons. The first-order chi connectivity index (χ1) is 10.1. The van der Waals surface area contributed by atoms with E-state index in [9.17, 15) is 18.7 Å². The monoisotopic (exact) mass is 308 g/mol. The fraction of sp³-hybridized carbons (Fsp3) is 0.0714. The van der Waals surface area contributed by atoms with Crippen molar-refractivity contribution in [1.29, 1.82) is 0 Å². The summed E-state index contributed by atoms with van der Waals surface area (Å²) >= 11 is 0.456. The van der Waals surface area contributed by atoms with Gasteiger partial charge in [0.2, 0.25) is 0 Å². The molecule has 2 aromatic carbocycles. The van der Waals surface area contributed by atoms with E-state index in [0.29, 0.717) is 34.3 Å². The van der Waals surface area contributed by atoms with Crippen molar-refractivity contribution in [2.75, 3.05) is 0 Å². The number of aldehydes is 1. The molecule has 0 spiro atoms. The van der Waals surface area contributed by atoms with Gasteiger partial charge in [-0.15, -0.1) is 0 Å². The SMILES string of the molecule is O=Cc1cc(N=Nc2ccc(SC(F)F)cc2)ccc1O. The quantitative estimate of drug-likeness (QED) is 0.483. The molecule has 0 unspecified atom stereocenters. The van der Waals surface area contributed by atoms with E-state index in [-0.39, 0.29) is 11.3 Å². The van der Waals surface area contributed by atoms with Crippen molar-refractivity contribution >= 4 is 29.4 Å². The number of benzene rings is 2. The number of halogens is 2. The smallest absolute Gasteiger partial charge is 0.288 e. The Morgan fingerprint density at radius 1 is 1.05 bits per heavy atom. The van der Waals surface area contributed by atoms with Gasteiger partial charge in [0, 0.05) is 4.90 Å². The number of azo groups is 1. The molecule has 1 N–H and O–H groups in total. The number of thioether (sulfide) groups is 1. The number of phenolic OH excluding ortho intramolecular Hbond substituents is 1. The number of alkyl halides is 2. The molecular weight excluding hydrogens is 298 g/mol. The van der Waals surface area contributed by atoms with Crippen LogP contribution in [-0.4, -0.2) is 17.2 Å². The highest BCUT2D eigenvalue weighted by atomic mass is 32.2. The van der Waals surface area contributed by atoms with Crippen molar-refractivity contribution in [3.8, 4) is 5.75 Å². The minimum Gasteiger partial charge on any atom is -0.507 e. The lowest BCUT2D eigenvalue weighted by atomic mass is 10.2. The molecule has 0 aliphatic rings. The van der Waals surface area contributed by atoms with Gasteiger partial charge < -0.3 is 5.11 Å². The van der Waals surface area contributed by atoms with E-state index in [1.54, 1.807) is 12.1 Å². The van der Waals surface area contributed by atoms with Crippen LogP contribution in [0.15, 0.2) is 57.6 Å². The number of carbonyl (C=O) groups is 1. The first kappa shape index (κ1) is 15.1. The molecule has 2 aromatic rings. The van der Waals surface area contributed by atoms with Crippen LogP contribution in [0.4, 0.5) is 20.2 Å². The number of aromatic hydroxyl groups is 1. The molecular formula is C14H10F2N2O2S. The molecule has 0 fully saturated rings. The highest BCUT2D eigenvalue weighted by Gasteiger charge is 2.04. The lowest BCUT2D eigenvalue weighted by Gasteiger charge is -2.00. The Balaban J connectivity index is 2.12. The van der Waals surface area contributed by atoms with Gasteiger partial charge in [0.1, 0.15) is 5.75 Å². The van der Waals surface area contributed by atoms with Crippen molar-refractivity contribution in [3.05, 3.63) is 48.0 Å². The molecule has 0 aliphatic heterocycles. The first-order valence-corrected chi connectivity index (χ1v) is 6.71. The highest BCUT2D eigenvalue weighted by molar-refractivity contribution is 7.99. The van der Waals surface area contributed by atoms with E-state index in [1.165, 1.54) is 30.3 Å². The number of hydrogen-bond donors (Lipinski definition) is 1. The minimum absolute atomic E-state index is 0.120. The summed E-state index contributed by atoms with van der Waals surface area (Å²) in [4.78, 5) is 11.1. The molecule has 0 bridgehead atoms. The lowest BCUT2D eigenvalue weighted by molar-refractivity contribution is 0.112. The van der Waals surface area contributed by atoms with Gasteiger partial charge in [0.15, 0.2) is 6.29 Å². The van der Waals surface area contributed by atoms with E-state index in [0.717, 1.165) is 0 Å². The Kier molecular flexibility index (Phi) is 4.99. The van der Waals surface area contributed by atoms with Gasteiger partial charge in [-0.3, -0.25) is 4.79 Å². The fourth-order valence-corrected chi connectivity index (χ4v) is 2.01. The third kappa shape index (κ3) is 4.35. The summed E-state index contributed by atoms with van der Waals surface area (Å²) in [6.45, 7) is 0. The van der Waals surface area contributed by atoms with Crippen LogP contribution in [0.1, 0.15) is 10.4 Å². The largest absolute Gasteiger partial charge is 0.507 e. The molecule has 0 aliphatic carbocycles. The number of nitrogens with zero attached hydrogens (tertiary/aromatic N) is 2. The lowest BCUT2D eigenvalue weighted by Crippen LogP contribution is -1.80. The number of carbonyl (C=O) groups excluding carboxylic acids is 1. The Hall–Kier alpha value is -2.28. The van der Waals surface area contributed by atoms with Crippen LogP contribution >= 0.6 is 11.8 Å². The Labute approximate surface area is 123 Å². The van der Waals surface area contributed by atoms with Crippen molar-refractivity contribution in [1.82, 2.24) is 0 Å². The van der Waals surface area contributed by atoms with Crippen LogP contribution in [0, 0.1) is 0 Å². The fourth-order valence-electron chi connectivity index (χ4n) is 1.51. The van der Waals surface area contributed by atoms with Gasteiger partial charge in [-0.2, -0.15) is 19.0 Å². The van der Waals surface area contributed by atoms with Crippen LogP contribution in [0.25, 0.3) is 0 Å². The average molecular weight is 308 g/mol. The molecule has 0 aromatic heterocycles. The summed E-state index contributed by atoms with van der Waals surface area (Å²) in [5, 5.41) is 17.2. The number of rotatable bonds is 5. The third-order valence-electron chi connectivity index (χ3n) is 2.48.